The second-order valence-electron chi connectivity index (χ2n) is 4.51. The third-order valence-electron chi connectivity index (χ3n) is 2.66. The van der Waals surface area contributed by atoms with E-state index in [1.807, 2.05) is 0 Å². The molecule has 1 rings (SSSR count). The molecule has 1 aromatic rings. The molecule has 1 atom stereocenters. The Balaban J connectivity index is 2.91. The second kappa shape index (κ2) is 7.19. The molecule has 0 aliphatic carbocycles. The maximum Gasteiger partial charge on any atom is 0.321 e. The summed E-state index contributed by atoms with van der Waals surface area (Å²) < 4.78 is 26.3. The lowest BCUT2D eigenvalue weighted by atomic mass is 10.2. The highest BCUT2D eigenvalue weighted by Gasteiger charge is 2.24. The largest absolute Gasteiger partial charge is 0.480 e. The van der Waals surface area contributed by atoms with Crippen molar-refractivity contribution in [3.8, 4) is 0 Å². The van der Waals surface area contributed by atoms with E-state index >= 15 is 0 Å². The molecule has 0 aliphatic rings. The van der Waals surface area contributed by atoms with Crippen LogP contribution in [0, 0.1) is 0 Å². The van der Waals surface area contributed by atoms with Gasteiger partial charge < -0.3 is 10.4 Å². The Morgan fingerprint density at radius 2 is 1.81 bits per heavy atom. The van der Waals surface area contributed by atoms with E-state index in [2.05, 4.69) is 10.0 Å². The van der Waals surface area contributed by atoms with Gasteiger partial charge in [0.25, 0.3) is 0 Å². The highest BCUT2D eigenvalue weighted by atomic mass is 32.2. The smallest absolute Gasteiger partial charge is 0.321 e. The van der Waals surface area contributed by atoms with Crippen molar-refractivity contribution >= 4 is 27.6 Å². The van der Waals surface area contributed by atoms with Crippen molar-refractivity contribution in [2.24, 2.45) is 0 Å². The highest BCUT2D eigenvalue weighted by Crippen LogP contribution is 2.15. The predicted octanol–water partition coefficient (Wildman–Crippen LogP) is 1.18. The molecule has 1 amide bonds. The molecular formula is C13H18N2O5S. The molecule has 0 aliphatic heterocycles. The molecular weight excluding hydrogens is 296 g/mol. The summed E-state index contributed by atoms with van der Waals surface area (Å²) in [5, 5.41) is 11.5. The number of carbonyl (C=O) groups is 2. The van der Waals surface area contributed by atoms with Crippen LogP contribution in [0.2, 0.25) is 0 Å². The van der Waals surface area contributed by atoms with Crippen molar-refractivity contribution in [3.05, 3.63) is 24.3 Å². The average molecular weight is 314 g/mol. The summed E-state index contributed by atoms with van der Waals surface area (Å²) in [6, 6.07) is 4.32. The number of amides is 1. The summed E-state index contributed by atoms with van der Waals surface area (Å²) >= 11 is 0. The molecule has 0 heterocycles. The minimum atomic E-state index is -3.92. The molecule has 0 saturated heterocycles. The SMILES string of the molecule is CCC[C@H](NS(=O)(=O)c1ccc(NC(C)=O)cc1)C(=O)O. The molecule has 0 bridgehead atoms. The van der Waals surface area contributed by atoms with Gasteiger partial charge >= 0.3 is 5.97 Å². The summed E-state index contributed by atoms with van der Waals surface area (Å²) in [5.74, 6) is -1.48. The summed E-state index contributed by atoms with van der Waals surface area (Å²) in [7, 11) is -3.92. The lowest BCUT2D eigenvalue weighted by Crippen LogP contribution is -2.40. The summed E-state index contributed by atoms with van der Waals surface area (Å²) in [5.41, 5.74) is 0.463. The van der Waals surface area contributed by atoms with E-state index in [1.54, 1.807) is 6.92 Å². The quantitative estimate of drug-likeness (QED) is 0.699. The van der Waals surface area contributed by atoms with Crippen LogP contribution >= 0.6 is 0 Å². The molecule has 0 radical (unpaired) electrons. The van der Waals surface area contributed by atoms with Crippen LogP contribution in [0.1, 0.15) is 26.7 Å². The normalized spacial score (nSPS) is 12.7. The van der Waals surface area contributed by atoms with Gasteiger partial charge in [0.1, 0.15) is 6.04 Å². The molecule has 8 heteroatoms. The van der Waals surface area contributed by atoms with Crippen LogP contribution in [0.5, 0.6) is 0 Å². The van der Waals surface area contributed by atoms with Crippen LogP contribution in [0.25, 0.3) is 0 Å². The first-order valence-corrected chi connectivity index (χ1v) is 7.87. The Morgan fingerprint density at radius 1 is 1.24 bits per heavy atom. The minimum absolute atomic E-state index is 0.0565. The van der Waals surface area contributed by atoms with E-state index in [1.165, 1.54) is 31.2 Å². The Bertz CT molecular complexity index is 610. The summed E-state index contributed by atoms with van der Waals surface area (Å²) in [6.07, 6.45) is 0.749. The van der Waals surface area contributed by atoms with Gasteiger partial charge in [0.2, 0.25) is 15.9 Å². The Labute approximate surface area is 123 Å². The lowest BCUT2D eigenvalue weighted by Gasteiger charge is -2.14. The van der Waals surface area contributed by atoms with Gasteiger partial charge in [-0.1, -0.05) is 13.3 Å². The second-order valence-corrected chi connectivity index (χ2v) is 6.22. The zero-order valence-corrected chi connectivity index (χ0v) is 12.6. The van der Waals surface area contributed by atoms with E-state index < -0.39 is 22.0 Å². The van der Waals surface area contributed by atoms with Crippen molar-refractivity contribution in [3.63, 3.8) is 0 Å². The summed E-state index contributed by atoms with van der Waals surface area (Å²) in [6.45, 7) is 3.11. The van der Waals surface area contributed by atoms with Gasteiger partial charge in [-0.25, -0.2) is 8.42 Å². The number of hydrogen-bond donors (Lipinski definition) is 3. The number of anilines is 1. The fourth-order valence-electron chi connectivity index (χ4n) is 1.70. The van der Waals surface area contributed by atoms with Crippen molar-refractivity contribution in [2.45, 2.75) is 37.6 Å². The average Bonchev–Trinajstić information content (AvgIpc) is 2.37. The van der Waals surface area contributed by atoms with E-state index in [-0.39, 0.29) is 17.2 Å². The van der Waals surface area contributed by atoms with Crippen LogP contribution in [0.4, 0.5) is 5.69 Å². The van der Waals surface area contributed by atoms with Crippen molar-refractivity contribution in [1.82, 2.24) is 4.72 Å². The number of nitrogens with one attached hydrogen (secondary N) is 2. The third-order valence-corrected chi connectivity index (χ3v) is 4.15. The van der Waals surface area contributed by atoms with Crippen LogP contribution in [0.3, 0.4) is 0 Å². The van der Waals surface area contributed by atoms with E-state index in [0.29, 0.717) is 12.1 Å². The third kappa shape index (κ3) is 5.16. The maximum absolute atomic E-state index is 12.1. The number of benzene rings is 1. The monoisotopic (exact) mass is 314 g/mol. The molecule has 21 heavy (non-hydrogen) atoms. The first kappa shape index (κ1) is 17.1. The molecule has 0 saturated carbocycles. The minimum Gasteiger partial charge on any atom is -0.480 e. The van der Waals surface area contributed by atoms with Gasteiger partial charge in [-0.3, -0.25) is 9.59 Å². The zero-order valence-electron chi connectivity index (χ0n) is 11.8. The molecule has 3 N–H and O–H groups in total. The lowest BCUT2D eigenvalue weighted by molar-refractivity contribution is -0.139. The fraction of sp³-hybridized carbons (Fsp3) is 0.385. The molecule has 116 valence electrons. The molecule has 0 unspecified atom stereocenters. The zero-order chi connectivity index (χ0) is 16.0. The van der Waals surface area contributed by atoms with Gasteiger partial charge in [-0.2, -0.15) is 4.72 Å². The van der Waals surface area contributed by atoms with Crippen LogP contribution in [0.15, 0.2) is 29.2 Å². The van der Waals surface area contributed by atoms with E-state index in [4.69, 9.17) is 5.11 Å². The van der Waals surface area contributed by atoms with Crippen LogP contribution in [-0.2, 0) is 19.6 Å². The molecule has 1 aromatic carbocycles. The number of hydrogen-bond acceptors (Lipinski definition) is 4. The Morgan fingerprint density at radius 3 is 2.24 bits per heavy atom. The molecule has 0 spiro atoms. The number of rotatable bonds is 7. The first-order chi connectivity index (χ1) is 9.76. The molecule has 7 nitrogen and oxygen atoms in total. The Kier molecular flexibility index (Phi) is 5.86. The fourth-order valence-corrected chi connectivity index (χ4v) is 2.92. The first-order valence-electron chi connectivity index (χ1n) is 6.39. The van der Waals surface area contributed by atoms with Crippen LogP contribution < -0.4 is 10.0 Å². The van der Waals surface area contributed by atoms with Gasteiger partial charge in [-0.15, -0.1) is 0 Å². The Hall–Kier alpha value is -1.93. The van der Waals surface area contributed by atoms with E-state index in [0.717, 1.165) is 0 Å². The molecule has 0 fully saturated rings. The van der Waals surface area contributed by atoms with Crippen molar-refractivity contribution in [2.75, 3.05) is 5.32 Å². The van der Waals surface area contributed by atoms with Crippen LogP contribution in [-0.4, -0.2) is 31.4 Å². The van der Waals surface area contributed by atoms with Gasteiger partial charge in [0.05, 0.1) is 4.90 Å². The van der Waals surface area contributed by atoms with Gasteiger partial charge in [-0.05, 0) is 30.7 Å². The number of carboxylic acid groups (broad SMARTS) is 1. The van der Waals surface area contributed by atoms with Gasteiger partial charge in [0.15, 0.2) is 0 Å². The predicted molar refractivity (Wildman–Crippen MR) is 77.4 cm³/mol. The topological polar surface area (TPSA) is 113 Å². The van der Waals surface area contributed by atoms with Crippen molar-refractivity contribution in [1.29, 1.82) is 0 Å². The standard InChI is InChI=1S/C13H18N2O5S/c1-3-4-12(13(17)18)15-21(19,20)11-7-5-10(6-8-11)14-9(2)16/h5-8,12,15H,3-4H2,1-2H3,(H,14,16)(H,17,18)/t12-/m0/s1. The number of carboxylic acids is 1. The van der Waals surface area contributed by atoms with Gasteiger partial charge in [0, 0.05) is 12.6 Å². The number of carbonyl (C=O) groups excluding carboxylic acids is 1. The van der Waals surface area contributed by atoms with Crippen molar-refractivity contribution < 1.29 is 23.1 Å². The highest BCUT2D eigenvalue weighted by molar-refractivity contribution is 7.89. The summed E-state index contributed by atoms with van der Waals surface area (Å²) in [4.78, 5) is 21.8. The molecule has 0 aromatic heterocycles. The van der Waals surface area contributed by atoms with E-state index in [9.17, 15) is 18.0 Å². The number of sulfonamides is 1. The number of aliphatic carboxylic acids is 1. The maximum atomic E-state index is 12.1.